The quantitative estimate of drug-likeness (QED) is 0.602. The lowest BCUT2D eigenvalue weighted by Crippen LogP contribution is -2.37. The molecule has 0 aliphatic heterocycles. The molecule has 0 N–H and O–H groups in total. The molecule has 0 aromatic heterocycles. The van der Waals surface area contributed by atoms with Crippen LogP contribution in [0.3, 0.4) is 0 Å². The molecular weight excluding hydrogens is 158 g/mol. The Labute approximate surface area is 72.3 Å². The Morgan fingerprint density at radius 3 is 2.17 bits per heavy atom. The fraction of sp³-hybridized carbons (Fsp3) is 1.00. The van der Waals surface area contributed by atoms with Crippen molar-refractivity contribution >= 4 is 0 Å². The van der Waals surface area contributed by atoms with E-state index in [0.717, 1.165) is 5.92 Å². The third-order valence-electron chi connectivity index (χ3n) is 3.47. The second-order valence-corrected chi connectivity index (χ2v) is 4.83. The number of hydrogen-bond donors (Lipinski definition) is 0. The van der Waals surface area contributed by atoms with Crippen LogP contribution in [-0.4, -0.2) is 5.92 Å². The van der Waals surface area contributed by atoms with Crippen molar-refractivity contribution in [3.63, 3.8) is 0 Å². The van der Waals surface area contributed by atoms with Crippen LogP contribution < -0.4 is 0 Å². The maximum absolute atomic E-state index is 12.5. The molecule has 2 saturated carbocycles. The summed E-state index contributed by atoms with van der Waals surface area (Å²) in [6.07, 6.45) is 1.54. The normalized spacial score (nSPS) is 39.8. The molecule has 2 aliphatic carbocycles. The molecule has 0 heterocycles. The molecule has 0 nitrogen and oxygen atoms in total. The lowest BCUT2D eigenvalue weighted by molar-refractivity contribution is -0.117. The van der Waals surface area contributed by atoms with Crippen LogP contribution in [0.15, 0.2) is 0 Å². The molecule has 0 saturated heterocycles. The van der Waals surface area contributed by atoms with Crippen LogP contribution in [0.5, 0.6) is 0 Å². The summed E-state index contributed by atoms with van der Waals surface area (Å²) in [6.45, 7) is 4.39. The molecule has 70 valence electrons. The minimum absolute atomic E-state index is 0.168. The Kier molecular flexibility index (Phi) is 1.71. The molecule has 0 bridgehead atoms. The van der Waals surface area contributed by atoms with Gasteiger partial charge < -0.3 is 0 Å². The molecule has 0 aromatic rings. The largest absolute Gasteiger partial charge is 0.248 e. The van der Waals surface area contributed by atoms with Crippen LogP contribution in [0.25, 0.3) is 0 Å². The van der Waals surface area contributed by atoms with Crippen molar-refractivity contribution in [2.75, 3.05) is 0 Å². The molecule has 2 atom stereocenters. The van der Waals surface area contributed by atoms with Crippen molar-refractivity contribution in [3.05, 3.63) is 0 Å². The van der Waals surface area contributed by atoms with E-state index in [-0.39, 0.29) is 12.8 Å². The van der Waals surface area contributed by atoms with Crippen LogP contribution in [0, 0.1) is 23.7 Å². The van der Waals surface area contributed by atoms with Crippen LogP contribution in [-0.2, 0) is 0 Å². The minimum atomic E-state index is -2.31. The van der Waals surface area contributed by atoms with Gasteiger partial charge in [0.2, 0.25) is 5.92 Å². The maximum atomic E-state index is 12.5. The molecule has 2 fully saturated rings. The molecule has 2 heteroatoms. The van der Waals surface area contributed by atoms with E-state index in [2.05, 4.69) is 13.8 Å². The van der Waals surface area contributed by atoms with Crippen molar-refractivity contribution in [1.82, 2.24) is 0 Å². The highest BCUT2D eigenvalue weighted by Gasteiger charge is 2.55. The first kappa shape index (κ1) is 8.46. The summed E-state index contributed by atoms with van der Waals surface area (Å²) in [4.78, 5) is 0. The Balaban J connectivity index is 1.78. The summed E-state index contributed by atoms with van der Waals surface area (Å²) >= 11 is 0. The first-order chi connectivity index (χ1) is 5.49. The smallest absolute Gasteiger partial charge is 0.207 e. The molecule has 0 amide bonds. The Morgan fingerprint density at radius 2 is 1.83 bits per heavy atom. The second kappa shape index (κ2) is 2.43. The van der Waals surface area contributed by atoms with Gasteiger partial charge >= 0.3 is 0 Å². The lowest BCUT2D eigenvalue weighted by atomic mass is 9.77. The highest BCUT2D eigenvalue weighted by Crippen LogP contribution is 2.58. The monoisotopic (exact) mass is 174 g/mol. The van der Waals surface area contributed by atoms with Crippen molar-refractivity contribution in [3.8, 4) is 0 Å². The third-order valence-corrected chi connectivity index (χ3v) is 3.47. The van der Waals surface area contributed by atoms with Crippen molar-refractivity contribution < 1.29 is 8.78 Å². The number of alkyl halides is 2. The van der Waals surface area contributed by atoms with Gasteiger partial charge in [-0.15, -0.1) is 0 Å². The van der Waals surface area contributed by atoms with Gasteiger partial charge in [0.1, 0.15) is 0 Å². The fourth-order valence-corrected chi connectivity index (χ4v) is 2.55. The highest BCUT2D eigenvalue weighted by atomic mass is 19.3. The summed E-state index contributed by atoms with van der Waals surface area (Å²) in [7, 11) is 0. The highest BCUT2D eigenvalue weighted by molar-refractivity contribution is 5.00. The predicted molar refractivity (Wildman–Crippen MR) is 44.1 cm³/mol. The van der Waals surface area contributed by atoms with E-state index in [4.69, 9.17) is 0 Å². The van der Waals surface area contributed by atoms with Crippen LogP contribution >= 0.6 is 0 Å². The van der Waals surface area contributed by atoms with E-state index in [9.17, 15) is 8.78 Å². The van der Waals surface area contributed by atoms with Crippen LogP contribution in [0.4, 0.5) is 8.78 Å². The van der Waals surface area contributed by atoms with Crippen molar-refractivity contribution in [2.45, 2.75) is 39.0 Å². The maximum Gasteiger partial charge on any atom is 0.248 e. The van der Waals surface area contributed by atoms with Gasteiger partial charge in [0.25, 0.3) is 0 Å². The fourth-order valence-electron chi connectivity index (χ4n) is 2.55. The van der Waals surface area contributed by atoms with Gasteiger partial charge in [-0.1, -0.05) is 13.8 Å². The van der Waals surface area contributed by atoms with Gasteiger partial charge in [0.15, 0.2) is 0 Å². The van der Waals surface area contributed by atoms with Crippen LogP contribution in [0.1, 0.15) is 33.1 Å². The molecular formula is C10H16F2. The summed E-state index contributed by atoms with van der Waals surface area (Å²) in [6, 6.07) is 0. The molecule has 2 aliphatic rings. The second-order valence-electron chi connectivity index (χ2n) is 4.83. The predicted octanol–water partition coefficient (Wildman–Crippen LogP) is 3.32. The molecule has 0 radical (unpaired) electrons. The van der Waals surface area contributed by atoms with E-state index in [1.165, 1.54) is 6.42 Å². The van der Waals surface area contributed by atoms with E-state index < -0.39 is 5.92 Å². The number of hydrogen-bond acceptors (Lipinski definition) is 0. The summed E-state index contributed by atoms with van der Waals surface area (Å²) in [5.74, 6) is 0.141. The van der Waals surface area contributed by atoms with E-state index in [0.29, 0.717) is 17.8 Å². The molecule has 12 heavy (non-hydrogen) atoms. The Bertz CT molecular complexity index is 178. The Morgan fingerprint density at radius 1 is 1.25 bits per heavy atom. The van der Waals surface area contributed by atoms with E-state index >= 15 is 0 Å². The van der Waals surface area contributed by atoms with Gasteiger partial charge in [0, 0.05) is 12.8 Å². The van der Waals surface area contributed by atoms with Crippen molar-refractivity contribution in [2.24, 2.45) is 23.7 Å². The van der Waals surface area contributed by atoms with Gasteiger partial charge in [-0.2, -0.15) is 0 Å². The first-order valence-electron chi connectivity index (χ1n) is 4.87. The van der Waals surface area contributed by atoms with Gasteiger partial charge in [-0.3, -0.25) is 0 Å². The van der Waals surface area contributed by atoms with Crippen LogP contribution in [0.2, 0.25) is 0 Å². The van der Waals surface area contributed by atoms with E-state index in [1.807, 2.05) is 0 Å². The zero-order chi connectivity index (χ0) is 8.93. The summed E-state index contributed by atoms with van der Waals surface area (Å²) in [5, 5.41) is 0. The van der Waals surface area contributed by atoms with E-state index in [1.54, 1.807) is 0 Å². The number of rotatable bonds is 2. The molecule has 0 spiro atoms. The SMILES string of the molecule is CC(C)[C@H]1C[C@@H]1C1CC(F)(F)C1. The summed E-state index contributed by atoms with van der Waals surface area (Å²) in [5.41, 5.74) is 0. The number of halogens is 2. The van der Waals surface area contributed by atoms with Gasteiger partial charge in [0.05, 0.1) is 0 Å². The average Bonchev–Trinajstić information content (AvgIpc) is 2.59. The van der Waals surface area contributed by atoms with Gasteiger partial charge in [-0.25, -0.2) is 8.78 Å². The average molecular weight is 174 g/mol. The zero-order valence-corrected chi connectivity index (χ0v) is 7.69. The third kappa shape index (κ3) is 1.36. The molecule has 0 unspecified atom stereocenters. The lowest BCUT2D eigenvalue weighted by Gasteiger charge is -2.35. The van der Waals surface area contributed by atoms with Gasteiger partial charge in [-0.05, 0) is 30.1 Å². The standard InChI is InChI=1S/C10H16F2/c1-6(2)8-3-9(8)7-4-10(11,12)5-7/h6-9H,3-5H2,1-2H3/t8-,9-/m1/s1. The topological polar surface area (TPSA) is 0 Å². The zero-order valence-electron chi connectivity index (χ0n) is 7.69. The molecule has 0 aromatic carbocycles. The Hall–Kier alpha value is -0.140. The summed E-state index contributed by atoms with van der Waals surface area (Å²) < 4.78 is 25.0. The van der Waals surface area contributed by atoms with Crippen molar-refractivity contribution in [1.29, 1.82) is 0 Å². The molecule has 2 rings (SSSR count). The minimum Gasteiger partial charge on any atom is -0.207 e. The first-order valence-corrected chi connectivity index (χ1v) is 4.87.